The van der Waals surface area contributed by atoms with Gasteiger partial charge in [0.25, 0.3) is 11.8 Å². The topological polar surface area (TPSA) is 336 Å². The molecule has 0 radical (unpaired) electrons. The molecule has 31 nitrogen and oxygen atoms in total. The summed E-state index contributed by atoms with van der Waals surface area (Å²) >= 11 is 0. The van der Waals surface area contributed by atoms with Crippen LogP contribution in [-0.4, -0.2) is 283 Å². The van der Waals surface area contributed by atoms with Gasteiger partial charge in [-0.05, 0) is 85.0 Å². The molecule has 8 amide bonds. The summed E-state index contributed by atoms with van der Waals surface area (Å²) in [5.41, 5.74) is 7.29. The lowest BCUT2D eigenvalue weighted by Crippen LogP contribution is -2.53. The van der Waals surface area contributed by atoms with Gasteiger partial charge in [-0.3, -0.25) is 53.2 Å². The average Bonchev–Trinajstić information content (AvgIpc) is 1.64. The number of amides is 8. The Morgan fingerprint density at radius 3 is 1.48 bits per heavy atom. The van der Waals surface area contributed by atoms with Gasteiger partial charge in [-0.1, -0.05) is 83.6 Å². The van der Waals surface area contributed by atoms with E-state index in [-0.39, 0.29) is 112 Å². The van der Waals surface area contributed by atoms with Crippen LogP contribution in [0.1, 0.15) is 143 Å². The van der Waals surface area contributed by atoms with Gasteiger partial charge in [-0.25, -0.2) is 0 Å². The summed E-state index contributed by atoms with van der Waals surface area (Å²) in [6.07, 6.45) is 16.8. The third-order valence-electron chi connectivity index (χ3n) is 21.3. The SMILES string of the molecule is CCCCCCCCC1CC(=O)N(CCC(=O)NCCOCCOCCOCCOCCOCCOCCOCCOCCC(=O)NC(C(=O)N[C@@H](C)C(=O)Nc2ccc(C3=CN4C(=O)c5cc(OC)c(OCCCOc6cc7c(cc6OC)C(=O)N6C=C(c8ccc(N9CCN(C)CC9)cc8)C[C@H]6C=N7)cc5N=C[C@@H]4C3)cc2)C(C)C)C1=O. The molecule has 648 valence electrons. The van der Waals surface area contributed by atoms with E-state index in [0.717, 1.165) is 74.1 Å². The Morgan fingerprint density at radius 1 is 0.504 bits per heavy atom. The average molecular weight is 1650 g/mol. The van der Waals surface area contributed by atoms with E-state index in [9.17, 15) is 38.4 Å². The lowest BCUT2D eigenvalue weighted by molar-refractivity contribution is -0.140. The highest BCUT2D eigenvalue weighted by molar-refractivity contribution is 6.07. The van der Waals surface area contributed by atoms with Crippen molar-refractivity contribution < 1.29 is 95.2 Å². The molecule has 6 aliphatic heterocycles. The number of hydrogen-bond donors (Lipinski definition) is 4. The number of unbranched alkanes of at least 4 members (excludes halogenated alkanes) is 5. The molecule has 4 aromatic rings. The second-order valence-corrected chi connectivity index (χ2v) is 30.4. The molecule has 2 saturated heterocycles. The van der Waals surface area contributed by atoms with Crippen LogP contribution in [0.15, 0.2) is 95.2 Å². The van der Waals surface area contributed by atoms with Crippen molar-refractivity contribution in [2.24, 2.45) is 21.8 Å². The molecule has 5 atom stereocenters. The number of likely N-dealkylation sites (tertiary alicyclic amines) is 1. The Bertz CT molecular complexity index is 4110. The van der Waals surface area contributed by atoms with Gasteiger partial charge in [0.15, 0.2) is 23.0 Å². The summed E-state index contributed by atoms with van der Waals surface area (Å²) in [7, 11) is 5.20. The van der Waals surface area contributed by atoms with Gasteiger partial charge in [0.05, 0.1) is 168 Å². The summed E-state index contributed by atoms with van der Waals surface area (Å²) < 4.78 is 68.3. The number of methoxy groups -OCH3 is 2. The van der Waals surface area contributed by atoms with Gasteiger partial charge in [-0.2, -0.15) is 0 Å². The van der Waals surface area contributed by atoms with E-state index in [1.807, 2.05) is 30.7 Å². The zero-order valence-corrected chi connectivity index (χ0v) is 70.2. The quantitative estimate of drug-likeness (QED) is 0.0236. The normalized spacial score (nSPS) is 17.5. The maximum absolute atomic E-state index is 14.2. The van der Waals surface area contributed by atoms with Gasteiger partial charge in [0.1, 0.15) is 12.1 Å². The summed E-state index contributed by atoms with van der Waals surface area (Å²) in [4.78, 5) is 125. The van der Waals surface area contributed by atoms with Crippen molar-refractivity contribution in [2.45, 2.75) is 135 Å². The van der Waals surface area contributed by atoms with Crippen LogP contribution in [-0.2, 0) is 66.7 Å². The van der Waals surface area contributed by atoms with Crippen LogP contribution >= 0.6 is 0 Å². The van der Waals surface area contributed by atoms with Gasteiger partial charge in [-0.15, -0.1) is 0 Å². The van der Waals surface area contributed by atoms with Crippen LogP contribution in [0.5, 0.6) is 23.0 Å². The zero-order valence-electron chi connectivity index (χ0n) is 70.2. The number of anilines is 2. The molecule has 2 unspecified atom stereocenters. The molecule has 0 saturated carbocycles. The molecule has 2 fully saturated rings. The Hall–Kier alpha value is -9.70. The zero-order chi connectivity index (χ0) is 84.3. The van der Waals surface area contributed by atoms with Crippen LogP contribution in [0.4, 0.5) is 22.7 Å². The van der Waals surface area contributed by atoms with Crippen molar-refractivity contribution in [1.82, 2.24) is 35.6 Å². The predicted molar refractivity (Wildman–Crippen MR) is 450 cm³/mol. The van der Waals surface area contributed by atoms with E-state index in [1.54, 1.807) is 73.2 Å². The molecule has 6 heterocycles. The number of likely N-dealkylation sites (N-methyl/N-ethyl adjacent to an activating group) is 1. The number of rotatable bonds is 54. The number of imide groups is 1. The molecule has 4 N–H and O–H groups in total. The number of hydrogen-bond acceptors (Lipinski definition) is 24. The fraction of sp³-hybridized carbons (Fsp3) is 0.568. The largest absolute Gasteiger partial charge is 0.493 e. The Kier molecular flexibility index (Phi) is 37.4. The number of carbonyl (C=O) groups is 8. The smallest absolute Gasteiger partial charge is 0.260 e. The van der Waals surface area contributed by atoms with Crippen LogP contribution in [0.25, 0.3) is 11.1 Å². The van der Waals surface area contributed by atoms with E-state index in [0.29, 0.717) is 169 Å². The first-order chi connectivity index (χ1) is 57.9. The van der Waals surface area contributed by atoms with Gasteiger partial charge in [0.2, 0.25) is 35.4 Å². The molecule has 10 rings (SSSR count). The monoisotopic (exact) mass is 1650 g/mol. The minimum atomic E-state index is -0.944. The molecule has 0 aliphatic carbocycles. The first-order valence-corrected chi connectivity index (χ1v) is 42.0. The van der Waals surface area contributed by atoms with Gasteiger partial charge >= 0.3 is 0 Å². The molecule has 4 aromatic carbocycles. The number of fused-ring (bicyclic) bond motifs is 4. The standard InChI is InChI=1S/C88H121N11O20/c1-8-9-10-11-12-13-15-65-52-82(102)97(86(65)105)27-24-80(100)89-26-35-111-37-39-113-41-43-115-45-47-117-49-48-116-46-44-114-42-40-112-38-36-110-34-25-81(101)94-83(61(2)3)85(104)92-62(4)84(103)93-68-20-16-63(17-21-68)66-50-70-57-90-74-55-78(76(108-6)53-72(74)87(106)98(70)59-66)118-32-14-33-119-79-56-75-73(54-77(79)109-7)88(107)99-60-67(51-71(99)58-91-75)64-18-22-69(23-19-64)96-30-28-95(5)29-31-96/h16-23,53-62,65,70-71,83H,8-15,24-52H2,1-7H3,(H,89,100)(H,92,104)(H,93,103)(H,94,101)/t62-,65?,70-,71-,83?/m0/s1. The third-order valence-corrected chi connectivity index (χ3v) is 21.3. The fourth-order valence-electron chi connectivity index (χ4n) is 14.4. The number of aliphatic imine (C=N–C) groups is 2. The summed E-state index contributed by atoms with van der Waals surface area (Å²) in [5, 5.41) is 11.1. The molecule has 0 bridgehead atoms. The second-order valence-electron chi connectivity index (χ2n) is 30.4. The molecule has 0 aromatic heterocycles. The Balaban J connectivity index is 0.520. The summed E-state index contributed by atoms with van der Waals surface area (Å²) in [5.74, 6) is -1.24. The van der Waals surface area contributed by atoms with E-state index < -0.39 is 23.9 Å². The van der Waals surface area contributed by atoms with Crippen molar-refractivity contribution in [2.75, 3.05) is 190 Å². The van der Waals surface area contributed by atoms with Crippen LogP contribution in [0.2, 0.25) is 0 Å². The highest BCUT2D eigenvalue weighted by Crippen LogP contribution is 2.43. The number of piperazine rings is 1. The molecule has 119 heavy (non-hydrogen) atoms. The lowest BCUT2D eigenvalue weighted by Gasteiger charge is -2.34. The molecule has 0 spiro atoms. The summed E-state index contributed by atoms with van der Waals surface area (Å²) in [6, 6.07) is 20.1. The number of nitrogens with zero attached hydrogens (tertiary/aromatic N) is 7. The predicted octanol–water partition coefficient (Wildman–Crippen LogP) is 8.99. The maximum Gasteiger partial charge on any atom is 0.260 e. The molecule has 6 aliphatic rings. The van der Waals surface area contributed by atoms with Crippen molar-refractivity contribution in [3.05, 3.63) is 107 Å². The van der Waals surface area contributed by atoms with Crippen molar-refractivity contribution in [1.29, 1.82) is 0 Å². The van der Waals surface area contributed by atoms with Crippen molar-refractivity contribution in [3.8, 4) is 23.0 Å². The van der Waals surface area contributed by atoms with Gasteiger partial charge in [0, 0.05) is 132 Å². The number of ether oxygens (including phenoxy) is 12. The van der Waals surface area contributed by atoms with Crippen molar-refractivity contribution >= 4 is 93.6 Å². The first kappa shape index (κ1) is 91.6. The lowest BCUT2D eigenvalue weighted by atomic mass is 9.99. The fourth-order valence-corrected chi connectivity index (χ4v) is 14.4. The maximum atomic E-state index is 14.2. The van der Waals surface area contributed by atoms with E-state index in [2.05, 4.69) is 69.3 Å². The third kappa shape index (κ3) is 27.9. The summed E-state index contributed by atoms with van der Waals surface area (Å²) in [6.45, 7) is 18.0. The Labute approximate surface area is 698 Å². The minimum absolute atomic E-state index is 0.0128. The van der Waals surface area contributed by atoms with Gasteiger partial charge < -0.3 is 97.7 Å². The van der Waals surface area contributed by atoms with E-state index in [4.69, 9.17) is 66.8 Å². The minimum Gasteiger partial charge on any atom is -0.493 e. The highest BCUT2D eigenvalue weighted by Gasteiger charge is 2.39. The Morgan fingerprint density at radius 2 is 0.983 bits per heavy atom. The van der Waals surface area contributed by atoms with Crippen molar-refractivity contribution in [3.63, 3.8) is 0 Å². The molecule has 31 heteroatoms. The van der Waals surface area contributed by atoms with Crippen LogP contribution in [0.3, 0.4) is 0 Å². The van der Waals surface area contributed by atoms with E-state index in [1.165, 1.54) is 44.1 Å². The highest BCUT2D eigenvalue weighted by atomic mass is 16.6. The number of carbonyl (C=O) groups excluding carboxylic acids is 8. The number of nitrogens with one attached hydrogen (secondary N) is 4. The molecular formula is C88H121N11O20. The second kappa shape index (κ2) is 48.5. The first-order valence-electron chi connectivity index (χ1n) is 42.0. The van der Waals surface area contributed by atoms with E-state index >= 15 is 0 Å². The number of benzene rings is 4. The van der Waals surface area contributed by atoms with Crippen LogP contribution < -0.4 is 45.1 Å². The van der Waals surface area contributed by atoms with Crippen LogP contribution in [0, 0.1) is 11.8 Å². The molecular weight excluding hydrogens is 1530 g/mol.